The van der Waals surface area contributed by atoms with Gasteiger partial charge in [-0.05, 0) is 23.6 Å². The van der Waals surface area contributed by atoms with E-state index in [2.05, 4.69) is 15.5 Å². The Kier molecular flexibility index (Phi) is 4.67. The molecule has 3 atom stereocenters. The van der Waals surface area contributed by atoms with Crippen LogP contribution in [0.5, 0.6) is 0 Å². The van der Waals surface area contributed by atoms with Crippen LogP contribution in [0.15, 0.2) is 54.6 Å². The van der Waals surface area contributed by atoms with Crippen LogP contribution in [0.2, 0.25) is 0 Å². The fourth-order valence-corrected chi connectivity index (χ4v) is 4.09. The van der Waals surface area contributed by atoms with Gasteiger partial charge in [-0.1, -0.05) is 61.5 Å². The maximum atomic E-state index is 13.9. The van der Waals surface area contributed by atoms with Gasteiger partial charge in [-0.25, -0.2) is 0 Å². The number of aromatic amines is 1. The molecule has 3 aromatic rings. The summed E-state index contributed by atoms with van der Waals surface area (Å²) in [6.07, 6.45) is -5.93. The van der Waals surface area contributed by atoms with Crippen molar-refractivity contribution < 1.29 is 23.4 Å². The number of hydrogen-bond donors (Lipinski definition) is 4. The van der Waals surface area contributed by atoms with E-state index in [1.165, 1.54) is 6.92 Å². The van der Waals surface area contributed by atoms with Crippen molar-refractivity contribution in [3.05, 3.63) is 71.4 Å². The molecule has 0 radical (unpaired) electrons. The molecule has 0 saturated carbocycles. The number of rotatable bonds is 3. The molecule has 0 aliphatic carbocycles. The zero-order valence-electron chi connectivity index (χ0n) is 16.5. The van der Waals surface area contributed by atoms with Crippen LogP contribution in [0.3, 0.4) is 0 Å². The summed E-state index contributed by atoms with van der Waals surface area (Å²) < 4.78 is 41.8. The number of halogens is 3. The van der Waals surface area contributed by atoms with E-state index in [1.54, 1.807) is 6.92 Å². The minimum atomic E-state index is -4.99. The highest BCUT2D eigenvalue weighted by Crippen LogP contribution is 2.52. The molecule has 1 aliphatic rings. The highest BCUT2D eigenvalue weighted by Gasteiger charge is 2.62. The molecule has 0 spiro atoms. The van der Waals surface area contributed by atoms with Crippen LogP contribution >= 0.6 is 0 Å². The largest absolute Gasteiger partial charge is 0.421 e. The summed E-state index contributed by atoms with van der Waals surface area (Å²) in [6, 6.07) is 17.2. The number of nitrogens with zero attached hydrogens (tertiary/aromatic N) is 1. The van der Waals surface area contributed by atoms with Crippen molar-refractivity contribution >= 4 is 5.82 Å². The van der Waals surface area contributed by atoms with Crippen LogP contribution in [0, 0.1) is 0 Å². The third-order valence-electron chi connectivity index (χ3n) is 5.59. The quantitative estimate of drug-likeness (QED) is 0.506. The van der Waals surface area contributed by atoms with Gasteiger partial charge in [-0.3, -0.25) is 5.10 Å². The van der Waals surface area contributed by atoms with Gasteiger partial charge in [0, 0.05) is 12.3 Å². The van der Waals surface area contributed by atoms with Gasteiger partial charge >= 0.3 is 6.18 Å². The number of aromatic nitrogens is 2. The highest BCUT2D eigenvalue weighted by atomic mass is 19.4. The second-order valence-electron chi connectivity index (χ2n) is 8.01. The van der Waals surface area contributed by atoms with E-state index >= 15 is 0 Å². The highest BCUT2D eigenvalue weighted by molar-refractivity contribution is 5.65. The number of H-pyrrole nitrogens is 1. The lowest BCUT2D eigenvalue weighted by Gasteiger charge is -2.42. The van der Waals surface area contributed by atoms with Crippen LogP contribution in [0.1, 0.15) is 43.0 Å². The second kappa shape index (κ2) is 6.85. The number of benzene rings is 2. The summed E-state index contributed by atoms with van der Waals surface area (Å²) in [7, 11) is 0. The van der Waals surface area contributed by atoms with Gasteiger partial charge in [0.05, 0.1) is 11.3 Å². The number of hydrogen-bond acceptors (Lipinski definition) is 4. The molecular formula is C22H22F3N3O2. The van der Waals surface area contributed by atoms with E-state index in [0.717, 1.165) is 16.7 Å². The van der Waals surface area contributed by atoms with Crippen molar-refractivity contribution in [2.75, 3.05) is 5.32 Å². The Balaban J connectivity index is 1.80. The maximum Gasteiger partial charge on any atom is 0.421 e. The Labute approximate surface area is 171 Å². The van der Waals surface area contributed by atoms with Crippen molar-refractivity contribution in [2.45, 2.75) is 43.7 Å². The van der Waals surface area contributed by atoms with Gasteiger partial charge < -0.3 is 15.5 Å². The number of aliphatic hydroxyl groups is 2. The standard InChI is InChI=1S/C22H22F3N3O2/c1-13(15-9-6-10-16(11-15)14-7-4-3-5-8-14)18-17-19(28-27-18)26-20(2,29)12-21(17,30)22(23,24)25/h3-11,13,29-30H,12H2,1-2H3,(H2,26,27,28). The van der Waals surface area contributed by atoms with Gasteiger partial charge in [-0.15, -0.1) is 0 Å². The summed E-state index contributed by atoms with van der Waals surface area (Å²) >= 11 is 0. The number of alkyl halides is 3. The third kappa shape index (κ3) is 3.36. The Morgan fingerprint density at radius 1 is 1.03 bits per heavy atom. The lowest BCUT2D eigenvalue weighted by Crippen LogP contribution is -2.54. The fourth-order valence-electron chi connectivity index (χ4n) is 4.09. The SMILES string of the molecule is CC(c1cccc(-c2ccccc2)c1)c1[nH]nc2c1C(O)(C(F)(F)F)CC(C)(O)N2. The average molecular weight is 417 g/mol. The topological polar surface area (TPSA) is 81.2 Å². The first kappa shape index (κ1) is 20.4. The monoisotopic (exact) mass is 417 g/mol. The zero-order valence-corrected chi connectivity index (χ0v) is 16.5. The Bertz CT molecular complexity index is 1060. The Morgan fingerprint density at radius 2 is 1.70 bits per heavy atom. The summed E-state index contributed by atoms with van der Waals surface area (Å²) in [4.78, 5) is 0. The smallest absolute Gasteiger partial charge is 0.376 e. The van der Waals surface area contributed by atoms with E-state index in [-0.39, 0.29) is 17.1 Å². The number of nitrogens with one attached hydrogen (secondary N) is 2. The Morgan fingerprint density at radius 3 is 2.37 bits per heavy atom. The second-order valence-corrected chi connectivity index (χ2v) is 8.01. The summed E-state index contributed by atoms with van der Waals surface area (Å²) in [5, 5.41) is 30.1. The number of anilines is 1. The Hall–Kier alpha value is -2.84. The minimum Gasteiger partial charge on any atom is -0.376 e. The van der Waals surface area contributed by atoms with Gasteiger partial charge in [0.1, 0.15) is 5.72 Å². The molecular weight excluding hydrogens is 395 g/mol. The molecule has 158 valence electrons. The summed E-state index contributed by atoms with van der Waals surface area (Å²) in [5.74, 6) is -0.712. The molecule has 1 aromatic heterocycles. The molecule has 4 rings (SSSR count). The molecule has 4 N–H and O–H groups in total. The van der Waals surface area contributed by atoms with E-state index in [0.29, 0.717) is 0 Å². The molecule has 0 saturated heterocycles. The van der Waals surface area contributed by atoms with Crippen molar-refractivity contribution in [1.82, 2.24) is 10.2 Å². The summed E-state index contributed by atoms with van der Waals surface area (Å²) in [5.41, 5.74) is -2.73. The maximum absolute atomic E-state index is 13.9. The van der Waals surface area contributed by atoms with Gasteiger partial charge in [0.15, 0.2) is 11.4 Å². The minimum absolute atomic E-state index is 0.151. The first-order chi connectivity index (χ1) is 14.0. The predicted octanol–water partition coefficient (Wildman–Crippen LogP) is 4.50. The molecule has 1 aliphatic heterocycles. The van der Waals surface area contributed by atoms with Crippen molar-refractivity contribution in [1.29, 1.82) is 0 Å². The predicted molar refractivity (Wildman–Crippen MR) is 107 cm³/mol. The first-order valence-corrected chi connectivity index (χ1v) is 9.56. The van der Waals surface area contributed by atoms with E-state index in [4.69, 9.17) is 0 Å². The first-order valence-electron chi connectivity index (χ1n) is 9.56. The molecule has 0 amide bonds. The molecule has 30 heavy (non-hydrogen) atoms. The van der Waals surface area contributed by atoms with Crippen LogP contribution in [0.25, 0.3) is 11.1 Å². The normalized spacial score (nSPS) is 24.8. The van der Waals surface area contributed by atoms with Crippen LogP contribution in [0.4, 0.5) is 19.0 Å². The lowest BCUT2D eigenvalue weighted by molar-refractivity contribution is -0.281. The van der Waals surface area contributed by atoms with E-state index in [9.17, 15) is 23.4 Å². The molecule has 2 aromatic carbocycles. The van der Waals surface area contributed by atoms with Crippen molar-refractivity contribution in [3.63, 3.8) is 0 Å². The van der Waals surface area contributed by atoms with Gasteiger partial charge in [0.2, 0.25) is 0 Å². The fraction of sp³-hybridized carbons (Fsp3) is 0.318. The van der Waals surface area contributed by atoms with Crippen LogP contribution in [-0.4, -0.2) is 32.3 Å². The van der Waals surface area contributed by atoms with Gasteiger partial charge in [0.25, 0.3) is 0 Å². The molecule has 0 bridgehead atoms. The van der Waals surface area contributed by atoms with Crippen molar-refractivity contribution in [2.24, 2.45) is 0 Å². The van der Waals surface area contributed by atoms with Crippen LogP contribution < -0.4 is 5.32 Å². The summed E-state index contributed by atoms with van der Waals surface area (Å²) in [6.45, 7) is 2.93. The lowest BCUT2D eigenvalue weighted by atomic mass is 9.79. The molecule has 5 nitrogen and oxygen atoms in total. The number of fused-ring (bicyclic) bond motifs is 1. The van der Waals surface area contributed by atoms with E-state index in [1.807, 2.05) is 54.6 Å². The average Bonchev–Trinajstić information content (AvgIpc) is 3.10. The molecule has 8 heteroatoms. The van der Waals surface area contributed by atoms with Crippen LogP contribution in [-0.2, 0) is 5.60 Å². The molecule has 0 fully saturated rings. The molecule has 3 unspecified atom stereocenters. The van der Waals surface area contributed by atoms with E-state index < -0.39 is 29.8 Å². The zero-order chi connectivity index (χ0) is 21.7. The third-order valence-corrected chi connectivity index (χ3v) is 5.59. The molecule has 2 heterocycles. The van der Waals surface area contributed by atoms with Gasteiger partial charge in [-0.2, -0.15) is 18.3 Å². The van der Waals surface area contributed by atoms with Crippen molar-refractivity contribution in [3.8, 4) is 11.1 Å².